The van der Waals surface area contributed by atoms with Crippen LogP contribution in [0.2, 0.25) is 0 Å². The van der Waals surface area contributed by atoms with E-state index >= 15 is 0 Å². The first-order valence-electron chi connectivity index (χ1n) is 8.65. The molecule has 0 saturated heterocycles. The fourth-order valence-corrected chi connectivity index (χ4v) is 3.06. The molecule has 2 aromatic carbocycles. The fraction of sp³-hybridized carbons (Fsp3) is 0.200. The molecule has 0 saturated carbocycles. The first-order valence-corrected chi connectivity index (χ1v) is 8.65. The van der Waals surface area contributed by atoms with Crippen LogP contribution >= 0.6 is 0 Å². The number of ether oxygens (including phenoxy) is 1. The summed E-state index contributed by atoms with van der Waals surface area (Å²) in [5, 5.41) is 10.3. The Hall–Kier alpha value is -3.28. The molecule has 2 amide bonds. The molecule has 3 aromatic rings. The Balaban J connectivity index is 1.35. The zero-order valence-electron chi connectivity index (χ0n) is 14.3. The molecule has 0 aliphatic carbocycles. The van der Waals surface area contributed by atoms with Crippen molar-refractivity contribution >= 4 is 6.03 Å². The Labute approximate surface area is 151 Å². The molecule has 132 valence electrons. The number of fused-ring (bicyclic) bond motifs is 1. The summed E-state index contributed by atoms with van der Waals surface area (Å²) >= 11 is 0. The van der Waals surface area contributed by atoms with Gasteiger partial charge in [-0.05, 0) is 18.2 Å². The van der Waals surface area contributed by atoms with Gasteiger partial charge in [0.25, 0.3) is 0 Å². The van der Waals surface area contributed by atoms with Crippen LogP contribution in [0, 0.1) is 0 Å². The molecule has 1 aliphatic rings. The second kappa shape index (κ2) is 7.31. The summed E-state index contributed by atoms with van der Waals surface area (Å²) in [5.74, 6) is 0.841. The molecule has 26 heavy (non-hydrogen) atoms. The summed E-state index contributed by atoms with van der Waals surface area (Å²) in [6.45, 7) is 1.02. The Morgan fingerprint density at radius 3 is 2.85 bits per heavy atom. The Kier molecular flexibility index (Phi) is 4.55. The standard InChI is InChI=1S/C20H20N4O2/c25-20(23-18-10-11-26-19-9-5-4-8-17(18)19)21-12-15-13-22-24(14-15)16-6-2-1-3-7-16/h1-9,13-14,18H,10-12H2,(H2,21,23,25)/t18-/m0/s1. The number of para-hydroxylation sites is 2. The van der Waals surface area contributed by atoms with Crippen LogP contribution in [-0.4, -0.2) is 22.4 Å². The zero-order chi connectivity index (χ0) is 17.8. The van der Waals surface area contributed by atoms with E-state index < -0.39 is 0 Å². The third-order valence-electron chi connectivity index (χ3n) is 4.37. The third kappa shape index (κ3) is 3.54. The molecule has 6 heteroatoms. The molecular weight excluding hydrogens is 328 g/mol. The molecule has 1 aliphatic heterocycles. The molecule has 0 bridgehead atoms. The van der Waals surface area contributed by atoms with E-state index in [9.17, 15) is 4.79 Å². The van der Waals surface area contributed by atoms with Gasteiger partial charge in [-0.1, -0.05) is 36.4 Å². The summed E-state index contributed by atoms with van der Waals surface area (Å²) in [6.07, 6.45) is 4.44. The van der Waals surface area contributed by atoms with Crippen molar-refractivity contribution in [2.75, 3.05) is 6.61 Å². The molecule has 4 rings (SSSR count). The van der Waals surface area contributed by atoms with Gasteiger partial charge in [-0.2, -0.15) is 5.10 Å². The van der Waals surface area contributed by atoms with Crippen molar-refractivity contribution in [2.24, 2.45) is 0 Å². The van der Waals surface area contributed by atoms with Crippen LogP contribution in [-0.2, 0) is 6.54 Å². The number of carbonyl (C=O) groups is 1. The van der Waals surface area contributed by atoms with Gasteiger partial charge in [0.1, 0.15) is 5.75 Å². The minimum atomic E-state index is -0.195. The van der Waals surface area contributed by atoms with E-state index in [1.165, 1.54) is 0 Å². The maximum absolute atomic E-state index is 12.3. The van der Waals surface area contributed by atoms with Gasteiger partial charge in [0.2, 0.25) is 0 Å². The molecule has 1 atom stereocenters. The number of nitrogens with one attached hydrogen (secondary N) is 2. The monoisotopic (exact) mass is 348 g/mol. The van der Waals surface area contributed by atoms with Gasteiger partial charge < -0.3 is 15.4 Å². The SMILES string of the molecule is O=C(NCc1cnn(-c2ccccc2)c1)N[C@H]1CCOc2ccccc21. The zero-order valence-corrected chi connectivity index (χ0v) is 14.3. The van der Waals surface area contributed by atoms with E-state index in [1.807, 2.05) is 60.8 Å². The van der Waals surface area contributed by atoms with Gasteiger partial charge >= 0.3 is 6.03 Å². The maximum atomic E-state index is 12.3. The molecule has 0 spiro atoms. The van der Waals surface area contributed by atoms with Crippen molar-refractivity contribution in [2.45, 2.75) is 19.0 Å². The van der Waals surface area contributed by atoms with E-state index in [-0.39, 0.29) is 12.1 Å². The summed E-state index contributed by atoms with van der Waals surface area (Å²) in [7, 11) is 0. The second-order valence-electron chi connectivity index (χ2n) is 6.18. The highest BCUT2D eigenvalue weighted by Crippen LogP contribution is 2.31. The van der Waals surface area contributed by atoms with Crippen molar-refractivity contribution in [3.8, 4) is 11.4 Å². The number of aromatic nitrogens is 2. The number of benzene rings is 2. The van der Waals surface area contributed by atoms with Crippen LogP contribution < -0.4 is 15.4 Å². The molecule has 6 nitrogen and oxygen atoms in total. The molecule has 2 heterocycles. The number of hydrogen-bond donors (Lipinski definition) is 2. The summed E-state index contributed by atoms with van der Waals surface area (Å²) in [4.78, 5) is 12.3. The van der Waals surface area contributed by atoms with Crippen LogP contribution in [0.4, 0.5) is 4.79 Å². The quantitative estimate of drug-likeness (QED) is 0.761. The van der Waals surface area contributed by atoms with E-state index in [1.54, 1.807) is 10.9 Å². The Morgan fingerprint density at radius 2 is 1.96 bits per heavy atom. The summed E-state index contributed by atoms with van der Waals surface area (Å²) in [5.41, 5.74) is 2.95. The molecule has 0 unspecified atom stereocenters. The van der Waals surface area contributed by atoms with Crippen LogP contribution in [0.25, 0.3) is 5.69 Å². The average molecular weight is 348 g/mol. The van der Waals surface area contributed by atoms with Crippen LogP contribution in [0.1, 0.15) is 23.6 Å². The van der Waals surface area contributed by atoms with E-state index in [0.29, 0.717) is 13.2 Å². The number of amides is 2. The van der Waals surface area contributed by atoms with Crippen LogP contribution in [0.5, 0.6) is 5.75 Å². The first kappa shape index (κ1) is 16.2. The average Bonchev–Trinajstić information content (AvgIpc) is 3.17. The first-order chi connectivity index (χ1) is 12.8. The van der Waals surface area contributed by atoms with Crippen LogP contribution in [0.15, 0.2) is 67.0 Å². The summed E-state index contributed by atoms with van der Waals surface area (Å²) in [6, 6.07) is 17.5. The van der Waals surface area contributed by atoms with Crippen molar-refractivity contribution in [1.82, 2.24) is 20.4 Å². The number of carbonyl (C=O) groups excluding carboxylic acids is 1. The largest absolute Gasteiger partial charge is 0.493 e. The predicted octanol–water partition coefficient (Wildman–Crippen LogP) is 3.20. The lowest BCUT2D eigenvalue weighted by atomic mass is 10.0. The van der Waals surface area contributed by atoms with E-state index in [0.717, 1.165) is 29.0 Å². The highest BCUT2D eigenvalue weighted by Gasteiger charge is 2.22. The van der Waals surface area contributed by atoms with Crippen molar-refractivity contribution in [3.05, 3.63) is 78.1 Å². The molecular formula is C20H20N4O2. The minimum Gasteiger partial charge on any atom is -0.493 e. The number of rotatable bonds is 4. The third-order valence-corrected chi connectivity index (χ3v) is 4.37. The highest BCUT2D eigenvalue weighted by molar-refractivity contribution is 5.74. The molecule has 0 radical (unpaired) electrons. The Morgan fingerprint density at radius 1 is 1.15 bits per heavy atom. The van der Waals surface area contributed by atoms with Crippen molar-refractivity contribution in [1.29, 1.82) is 0 Å². The smallest absolute Gasteiger partial charge is 0.315 e. The molecule has 0 fully saturated rings. The predicted molar refractivity (Wildman–Crippen MR) is 98.2 cm³/mol. The number of urea groups is 1. The highest BCUT2D eigenvalue weighted by atomic mass is 16.5. The molecule has 2 N–H and O–H groups in total. The fourth-order valence-electron chi connectivity index (χ4n) is 3.06. The van der Waals surface area contributed by atoms with Crippen molar-refractivity contribution < 1.29 is 9.53 Å². The topological polar surface area (TPSA) is 68.2 Å². The lowest BCUT2D eigenvalue weighted by Gasteiger charge is -2.26. The van der Waals surface area contributed by atoms with E-state index in [2.05, 4.69) is 15.7 Å². The lowest BCUT2D eigenvalue weighted by molar-refractivity contribution is 0.223. The second-order valence-corrected chi connectivity index (χ2v) is 6.18. The van der Waals surface area contributed by atoms with Crippen LogP contribution in [0.3, 0.4) is 0 Å². The van der Waals surface area contributed by atoms with Gasteiger partial charge in [0, 0.05) is 30.3 Å². The van der Waals surface area contributed by atoms with Gasteiger partial charge in [-0.15, -0.1) is 0 Å². The lowest BCUT2D eigenvalue weighted by Crippen LogP contribution is -2.39. The van der Waals surface area contributed by atoms with Crippen molar-refractivity contribution in [3.63, 3.8) is 0 Å². The van der Waals surface area contributed by atoms with Gasteiger partial charge in [-0.3, -0.25) is 0 Å². The number of nitrogens with zero attached hydrogens (tertiary/aromatic N) is 2. The summed E-state index contributed by atoms with van der Waals surface area (Å²) < 4.78 is 7.42. The van der Waals surface area contributed by atoms with Gasteiger partial charge in [0.05, 0.1) is 24.5 Å². The van der Waals surface area contributed by atoms with Gasteiger partial charge in [-0.25, -0.2) is 9.48 Å². The Bertz CT molecular complexity index is 892. The van der Waals surface area contributed by atoms with E-state index in [4.69, 9.17) is 4.74 Å². The molecule has 1 aromatic heterocycles. The normalized spacial score (nSPS) is 15.6. The van der Waals surface area contributed by atoms with Gasteiger partial charge in [0.15, 0.2) is 0 Å². The maximum Gasteiger partial charge on any atom is 0.315 e. The number of hydrogen-bond acceptors (Lipinski definition) is 3. The minimum absolute atomic E-state index is 0.0352.